The Balaban J connectivity index is 1.60. The first-order valence-electron chi connectivity index (χ1n) is 11.1. The van der Waals surface area contributed by atoms with E-state index in [0.29, 0.717) is 12.5 Å². The number of hydrogen-bond donors (Lipinski definition) is 2. The molecule has 0 bridgehead atoms. The predicted octanol–water partition coefficient (Wildman–Crippen LogP) is 5.92. The zero-order valence-corrected chi connectivity index (χ0v) is 18.7. The van der Waals surface area contributed by atoms with Gasteiger partial charge in [0.25, 0.3) is 0 Å². The van der Waals surface area contributed by atoms with Gasteiger partial charge in [-0.3, -0.25) is 4.98 Å². The molecule has 4 nitrogen and oxygen atoms in total. The van der Waals surface area contributed by atoms with Crippen LogP contribution in [0.25, 0.3) is 22.3 Å². The summed E-state index contributed by atoms with van der Waals surface area (Å²) in [5.41, 5.74) is 13.5. The van der Waals surface area contributed by atoms with Crippen LogP contribution in [0.4, 0.5) is 5.82 Å². The summed E-state index contributed by atoms with van der Waals surface area (Å²) in [6.07, 6.45) is 6.44. The van der Waals surface area contributed by atoms with E-state index in [2.05, 4.69) is 66.6 Å². The first-order valence-corrected chi connectivity index (χ1v) is 11.1. The SMILES string of the molecule is CC(C)c1cccc(-c2cnc(NCC(N)Cc3ccccc3)cc2-c2ccncc2)c1. The molecule has 4 heteroatoms. The maximum atomic E-state index is 6.37. The minimum absolute atomic E-state index is 0.00553. The van der Waals surface area contributed by atoms with E-state index in [0.717, 1.165) is 28.9 Å². The van der Waals surface area contributed by atoms with Crippen molar-refractivity contribution in [2.24, 2.45) is 5.73 Å². The Morgan fingerprint density at radius 2 is 1.62 bits per heavy atom. The largest absolute Gasteiger partial charge is 0.368 e. The monoisotopic (exact) mass is 422 g/mol. The topological polar surface area (TPSA) is 63.8 Å². The minimum atomic E-state index is 0.00553. The lowest BCUT2D eigenvalue weighted by atomic mass is 9.93. The fourth-order valence-electron chi connectivity index (χ4n) is 3.84. The van der Waals surface area contributed by atoms with Crippen LogP contribution in [0.2, 0.25) is 0 Å². The molecule has 2 heterocycles. The van der Waals surface area contributed by atoms with Crippen LogP contribution in [0.1, 0.15) is 30.9 Å². The second kappa shape index (κ2) is 10.2. The molecule has 0 spiro atoms. The third-order valence-corrected chi connectivity index (χ3v) is 5.65. The summed E-state index contributed by atoms with van der Waals surface area (Å²) in [7, 11) is 0. The summed E-state index contributed by atoms with van der Waals surface area (Å²) in [5, 5.41) is 3.43. The summed E-state index contributed by atoms with van der Waals surface area (Å²) in [4.78, 5) is 8.90. The molecule has 4 aromatic rings. The summed E-state index contributed by atoms with van der Waals surface area (Å²) in [6, 6.07) is 25.2. The third kappa shape index (κ3) is 5.40. The highest BCUT2D eigenvalue weighted by atomic mass is 15.0. The molecule has 0 saturated carbocycles. The fraction of sp³-hybridized carbons (Fsp3) is 0.214. The van der Waals surface area contributed by atoms with Crippen molar-refractivity contribution in [2.75, 3.05) is 11.9 Å². The van der Waals surface area contributed by atoms with Crippen LogP contribution in [0, 0.1) is 0 Å². The molecule has 0 amide bonds. The van der Waals surface area contributed by atoms with Gasteiger partial charge in [0, 0.05) is 36.7 Å². The van der Waals surface area contributed by atoms with Crippen LogP contribution in [0.5, 0.6) is 0 Å². The van der Waals surface area contributed by atoms with Gasteiger partial charge in [-0.2, -0.15) is 0 Å². The Morgan fingerprint density at radius 3 is 2.38 bits per heavy atom. The number of rotatable bonds is 8. The number of nitrogens with two attached hydrogens (primary N) is 1. The number of hydrogen-bond acceptors (Lipinski definition) is 4. The summed E-state index contributed by atoms with van der Waals surface area (Å²) in [5.74, 6) is 1.29. The Morgan fingerprint density at radius 1 is 0.844 bits per heavy atom. The van der Waals surface area contributed by atoms with Crippen LogP contribution in [0.3, 0.4) is 0 Å². The molecule has 3 N–H and O–H groups in total. The fourth-order valence-corrected chi connectivity index (χ4v) is 3.84. The highest BCUT2D eigenvalue weighted by Gasteiger charge is 2.12. The second-order valence-corrected chi connectivity index (χ2v) is 8.46. The van der Waals surface area contributed by atoms with Crippen molar-refractivity contribution in [1.29, 1.82) is 0 Å². The van der Waals surface area contributed by atoms with Crippen molar-refractivity contribution in [1.82, 2.24) is 9.97 Å². The molecule has 1 atom stereocenters. The summed E-state index contributed by atoms with van der Waals surface area (Å²) >= 11 is 0. The first-order chi connectivity index (χ1) is 15.6. The van der Waals surface area contributed by atoms with Crippen molar-refractivity contribution in [2.45, 2.75) is 32.2 Å². The van der Waals surface area contributed by atoms with Crippen LogP contribution in [-0.2, 0) is 6.42 Å². The zero-order valence-electron chi connectivity index (χ0n) is 18.7. The average Bonchev–Trinajstić information content (AvgIpc) is 2.84. The number of pyridine rings is 2. The summed E-state index contributed by atoms with van der Waals surface area (Å²) in [6.45, 7) is 5.08. The lowest BCUT2D eigenvalue weighted by molar-refractivity contribution is 0.698. The molecular weight excluding hydrogens is 392 g/mol. The van der Waals surface area contributed by atoms with Crippen molar-refractivity contribution >= 4 is 5.82 Å². The van der Waals surface area contributed by atoms with E-state index in [1.54, 1.807) is 0 Å². The van der Waals surface area contributed by atoms with Crippen molar-refractivity contribution < 1.29 is 0 Å². The van der Waals surface area contributed by atoms with Crippen LogP contribution < -0.4 is 11.1 Å². The van der Waals surface area contributed by atoms with E-state index in [4.69, 9.17) is 10.7 Å². The number of benzene rings is 2. The Labute approximate surface area is 190 Å². The standard InChI is InChI=1S/C28H30N4/c1-20(2)23-9-6-10-24(16-23)27-19-32-28(17-26(27)22-11-13-30-14-12-22)31-18-25(29)15-21-7-4-3-5-8-21/h3-14,16-17,19-20,25H,15,18,29H2,1-2H3,(H,31,32). The molecule has 32 heavy (non-hydrogen) atoms. The van der Waals surface area contributed by atoms with Crippen LogP contribution >= 0.6 is 0 Å². The van der Waals surface area contributed by atoms with Gasteiger partial charge in [0.2, 0.25) is 0 Å². The molecule has 0 fully saturated rings. The van der Waals surface area contributed by atoms with Gasteiger partial charge in [0.1, 0.15) is 5.82 Å². The van der Waals surface area contributed by atoms with Gasteiger partial charge in [-0.15, -0.1) is 0 Å². The van der Waals surface area contributed by atoms with Gasteiger partial charge >= 0.3 is 0 Å². The predicted molar refractivity (Wildman–Crippen MR) is 134 cm³/mol. The van der Waals surface area contributed by atoms with Crippen molar-refractivity contribution in [3.05, 3.63) is 103 Å². The molecular formula is C28H30N4. The molecule has 1 unspecified atom stereocenters. The van der Waals surface area contributed by atoms with Gasteiger partial charge in [0.15, 0.2) is 0 Å². The molecule has 162 valence electrons. The highest BCUT2D eigenvalue weighted by molar-refractivity contribution is 5.84. The van der Waals surface area contributed by atoms with E-state index >= 15 is 0 Å². The molecule has 0 aliphatic heterocycles. The van der Waals surface area contributed by atoms with Crippen LogP contribution in [0.15, 0.2) is 91.4 Å². The van der Waals surface area contributed by atoms with Gasteiger partial charge in [-0.25, -0.2) is 4.98 Å². The Kier molecular flexibility index (Phi) is 6.93. The van der Waals surface area contributed by atoms with Gasteiger partial charge in [0.05, 0.1) is 0 Å². The van der Waals surface area contributed by atoms with E-state index in [-0.39, 0.29) is 6.04 Å². The Hall–Kier alpha value is -3.50. The van der Waals surface area contributed by atoms with Gasteiger partial charge < -0.3 is 11.1 Å². The van der Waals surface area contributed by atoms with E-state index in [1.165, 1.54) is 16.7 Å². The lowest BCUT2D eigenvalue weighted by Crippen LogP contribution is -2.31. The molecule has 2 aromatic carbocycles. The van der Waals surface area contributed by atoms with Gasteiger partial charge in [-0.1, -0.05) is 68.4 Å². The summed E-state index contributed by atoms with van der Waals surface area (Å²) < 4.78 is 0. The number of nitrogens with zero attached hydrogens (tertiary/aromatic N) is 2. The smallest absolute Gasteiger partial charge is 0.126 e. The zero-order chi connectivity index (χ0) is 22.3. The molecule has 0 aliphatic rings. The molecule has 4 rings (SSSR count). The van der Waals surface area contributed by atoms with E-state index < -0.39 is 0 Å². The van der Waals surface area contributed by atoms with Crippen molar-refractivity contribution in [3.8, 4) is 22.3 Å². The number of aromatic nitrogens is 2. The number of anilines is 1. The highest BCUT2D eigenvalue weighted by Crippen LogP contribution is 2.34. The second-order valence-electron chi connectivity index (χ2n) is 8.46. The van der Waals surface area contributed by atoms with E-state index in [9.17, 15) is 0 Å². The molecule has 0 aliphatic carbocycles. The first kappa shape index (κ1) is 21.7. The quantitative estimate of drug-likeness (QED) is 0.370. The third-order valence-electron chi connectivity index (χ3n) is 5.65. The number of nitrogens with one attached hydrogen (secondary N) is 1. The molecule has 0 radical (unpaired) electrons. The normalized spacial score (nSPS) is 12.0. The van der Waals surface area contributed by atoms with Gasteiger partial charge in [-0.05, 0) is 58.4 Å². The minimum Gasteiger partial charge on any atom is -0.368 e. The van der Waals surface area contributed by atoms with Crippen LogP contribution in [-0.4, -0.2) is 22.6 Å². The van der Waals surface area contributed by atoms with Crippen molar-refractivity contribution in [3.63, 3.8) is 0 Å². The molecule has 0 saturated heterocycles. The molecule has 2 aromatic heterocycles. The lowest BCUT2D eigenvalue weighted by Gasteiger charge is -2.16. The Bertz CT molecular complexity index is 1140. The maximum absolute atomic E-state index is 6.37. The maximum Gasteiger partial charge on any atom is 0.126 e. The average molecular weight is 423 g/mol. The van der Waals surface area contributed by atoms with E-state index in [1.807, 2.05) is 48.9 Å².